The summed E-state index contributed by atoms with van der Waals surface area (Å²) in [5, 5.41) is 19.7. The van der Waals surface area contributed by atoms with Crippen molar-refractivity contribution in [3.63, 3.8) is 0 Å². The Morgan fingerprint density at radius 1 is 1.20 bits per heavy atom. The van der Waals surface area contributed by atoms with E-state index in [0.717, 1.165) is 5.56 Å². The molecule has 0 atom stereocenters. The Morgan fingerprint density at radius 3 is 2.30 bits per heavy atom. The van der Waals surface area contributed by atoms with E-state index in [0.29, 0.717) is 0 Å². The number of phenols is 1. The third kappa shape index (κ3) is 1.48. The number of benzene rings is 1. The fourth-order valence-corrected chi connectivity index (χ4v) is 0.627. The largest absolute Gasteiger partial charge is 0.508 e. The molecule has 0 saturated carbocycles. The Bertz CT molecular complexity index is 228. The molecule has 10 heavy (non-hydrogen) atoms. The maximum absolute atomic E-state index is 8.82. The van der Waals surface area contributed by atoms with Crippen molar-refractivity contribution in [2.45, 2.75) is 0 Å². The van der Waals surface area contributed by atoms with Gasteiger partial charge in [0, 0.05) is 0 Å². The van der Waals surface area contributed by atoms with Crippen molar-refractivity contribution in [3.05, 3.63) is 29.8 Å². The SMILES string of the molecule is O/N=C\c1ccc(O)cc1. The first kappa shape index (κ1) is 6.61. The molecular formula is C7H7NO2. The fourth-order valence-electron chi connectivity index (χ4n) is 0.627. The summed E-state index contributed by atoms with van der Waals surface area (Å²) in [5.74, 6) is 0.204. The van der Waals surface area contributed by atoms with Crippen molar-refractivity contribution < 1.29 is 10.3 Å². The van der Waals surface area contributed by atoms with E-state index < -0.39 is 0 Å². The summed E-state index contributed by atoms with van der Waals surface area (Å²) < 4.78 is 0. The van der Waals surface area contributed by atoms with Crippen molar-refractivity contribution in [3.8, 4) is 5.75 Å². The average Bonchev–Trinajstić information content (AvgIpc) is 1.95. The molecule has 1 rings (SSSR count). The van der Waals surface area contributed by atoms with Crippen LogP contribution in [0.15, 0.2) is 29.4 Å². The number of rotatable bonds is 1. The van der Waals surface area contributed by atoms with Crippen molar-refractivity contribution in [1.29, 1.82) is 0 Å². The molecule has 3 nitrogen and oxygen atoms in total. The zero-order chi connectivity index (χ0) is 7.40. The van der Waals surface area contributed by atoms with Crippen LogP contribution in [-0.4, -0.2) is 16.5 Å². The van der Waals surface area contributed by atoms with Gasteiger partial charge in [-0.15, -0.1) is 0 Å². The normalized spacial score (nSPS) is 10.4. The van der Waals surface area contributed by atoms with Crippen LogP contribution in [0, 0.1) is 0 Å². The van der Waals surface area contributed by atoms with Gasteiger partial charge < -0.3 is 10.3 Å². The Balaban J connectivity index is 2.89. The first-order valence-electron chi connectivity index (χ1n) is 2.79. The number of phenolic OH excluding ortho intramolecular Hbond substituents is 1. The predicted octanol–water partition coefficient (Wildman–Crippen LogP) is 1.20. The second kappa shape index (κ2) is 2.87. The highest BCUT2D eigenvalue weighted by molar-refractivity contribution is 5.79. The van der Waals surface area contributed by atoms with Gasteiger partial charge in [0.05, 0.1) is 6.21 Å². The van der Waals surface area contributed by atoms with Gasteiger partial charge in [0.15, 0.2) is 0 Å². The highest BCUT2D eigenvalue weighted by atomic mass is 16.4. The monoisotopic (exact) mass is 137 g/mol. The Kier molecular flexibility index (Phi) is 1.89. The van der Waals surface area contributed by atoms with E-state index >= 15 is 0 Å². The van der Waals surface area contributed by atoms with Crippen molar-refractivity contribution in [1.82, 2.24) is 0 Å². The third-order valence-corrected chi connectivity index (χ3v) is 1.10. The third-order valence-electron chi connectivity index (χ3n) is 1.10. The minimum Gasteiger partial charge on any atom is -0.508 e. The molecule has 0 radical (unpaired) electrons. The van der Waals surface area contributed by atoms with E-state index in [4.69, 9.17) is 10.3 Å². The van der Waals surface area contributed by atoms with Gasteiger partial charge in [-0.25, -0.2) is 0 Å². The van der Waals surface area contributed by atoms with Crippen molar-refractivity contribution >= 4 is 6.21 Å². The Hall–Kier alpha value is -1.51. The lowest BCUT2D eigenvalue weighted by Crippen LogP contribution is -1.77. The predicted molar refractivity (Wildman–Crippen MR) is 37.5 cm³/mol. The number of nitrogens with zero attached hydrogens (tertiary/aromatic N) is 1. The van der Waals surface area contributed by atoms with E-state index in [1.54, 1.807) is 12.1 Å². The molecule has 0 heterocycles. The molecule has 0 bridgehead atoms. The quantitative estimate of drug-likeness (QED) is 0.347. The summed E-state index contributed by atoms with van der Waals surface area (Å²) >= 11 is 0. The number of hydrogen-bond acceptors (Lipinski definition) is 3. The van der Waals surface area contributed by atoms with Crippen LogP contribution in [0.1, 0.15) is 5.56 Å². The molecule has 3 heteroatoms. The summed E-state index contributed by atoms with van der Waals surface area (Å²) in [7, 11) is 0. The molecule has 0 amide bonds. The standard InChI is InChI=1S/C7H7NO2/c9-7-3-1-6(2-4-7)5-8-10/h1-5,9-10H/b8-5-. The number of hydrogen-bond donors (Lipinski definition) is 2. The van der Waals surface area contributed by atoms with Crippen LogP contribution in [0.5, 0.6) is 5.75 Å². The van der Waals surface area contributed by atoms with Crippen LogP contribution < -0.4 is 0 Å². The van der Waals surface area contributed by atoms with E-state index in [9.17, 15) is 0 Å². The first-order chi connectivity index (χ1) is 4.83. The summed E-state index contributed by atoms with van der Waals surface area (Å²) in [6.45, 7) is 0. The fraction of sp³-hybridized carbons (Fsp3) is 0. The number of oxime groups is 1. The minimum absolute atomic E-state index is 0.204. The molecule has 0 aromatic heterocycles. The molecule has 0 aliphatic carbocycles. The van der Waals surface area contributed by atoms with Gasteiger partial charge in [-0.05, 0) is 29.8 Å². The molecule has 0 saturated heterocycles. The zero-order valence-electron chi connectivity index (χ0n) is 5.23. The molecular weight excluding hydrogens is 130 g/mol. The molecule has 0 aliphatic rings. The van der Waals surface area contributed by atoms with Gasteiger partial charge in [0.1, 0.15) is 5.75 Å². The molecule has 0 fully saturated rings. The van der Waals surface area contributed by atoms with Gasteiger partial charge in [0.2, 0.25) is 0 Å². The second-order valence-electron chi connectivity index (χ2n) is 1.84. The van der Waals surface area contributed by atoms with E-state index in [-0.39, 0.29) is 5.75 Å². The lowest BCUT2D eigenvalue weighted by molar-refractivity contribution is 0.322. The maximum atomic E-state index is 8.82. The lowest BCUT2D eigenvalue weighted by atomic mass is 10.2. The molecule has 1 aromatic carbocycles. The average molecular weight is 137 g/mol. The molecule has 0 unspecified atom stereocenters. The smallest absolute Gasteiger partial charge is 0.115 e. The van der Waals surface area contributed by atoms with E-state index in [1.807, 2.05) is 0 Å². The van der Waals surface area contributed by atoms with Gasteiger partial charge in [-0.3, -0.25) is 0 Å². The first-order valence-corrected chi connectivity index (χ1v) is 2.79. The van der Waals surface area contributed by atoms with Crippen molar-refractivity contribution in [2.24, 2.45) is 5.16 Å². The van der Waals surface area contributed by atoms with Crippen LogP contribution >= 0.6 is 0 Å². The minimum atomic E-state index is 0.204. The molecule has 0 spiro atoms. The Morgan fingerprint density at radius 2 is 1.80 bits per heavy atom. The summed E-state index contributed by atoms with van der Waals surface area (Å²) in [6.07, 6.45) is 1.29. The number of aromatic hydroxyl groups is 1. The maximum Gasteiger partial charge on any atom is 0.115 e. The molecule has 1 aromatic rings. The summed E-state index contributed by atoms with van der Waals surface area (Å²) in [5.41, 5.74) is 0.750. The second-order valence-corrected chi connectivity index (χ2v) is 1.84. The Labute approximate surface area is 58.2 Å². The topological polar surface area (TPSA) is 52.8 Å². The van der Waals surface area contributed by atoms with Gasteiger partial charge in [0.25, 0.3) is 0 Å². The van der Waals surface area contributed by atoms with E-state index in [2.05, 4.69) is 5.16 Å². The van der Waals surface area contributed by atoms with Gasteiger partial charge >= 0.3 is 0 Å². The zero-order valence-corrected chi connectivity index (χ0v) is 5.23. The van der Waals surface area contributed by atoms with Crippen LogP contribution in [0.3, 0.4) is 0 Å². The van der Waals surface area contributed by atoms with Crippen LogP contribution in [0.4, 0.5) is 0 Å². The molecule has 2 N–H and O–H groups in total. The van der Waals surface area contributed by atoms with E-state index in [1.165, 1.54) is 18.3 Å². The van der Waals surface area contributed by atoms with Crippen LogP contribution in [0.25, 0.3) is 0 Å². The summed E-state index contributed by atoms with van der Waals surface area (Å²) in [6, 6.07) is 6.35. The van der Waals surface area contributed by atoms with Crippen LogP contribution in [0.2, 0.25) is 0 Å². The lowest BCUT2D eigenvalue weighted by Gasteiger charge is -1.90. The van der Waals surface area contributed by atoms with Gasteiger partial charge in [-0.1, -0.05) is 5.16 Å². The highest BCUT2D eigenvalue weighted by Gasteiger charge is 1.86. The molecule has 52 valence electrons. The molecule has 0 aliphatic heterocycles. The highest BCUT2D eigenvalue weighted by Crippen LogP contribution is 2.07. The van der Waals surface area contributed by atoms with Gasteiger partial charge in [-0.2, -0.15) is 0 Å². The summed E-state index contributed by atoms with van der Waals surface area (Å²) in [4.78, 5) is 0. The van der Waals surface area contributed by atoms with Crippen molar-refractivity contribution in [2.75, 3.05) is 0 Å². The van der Waals surface area contributed by atoms with Crippen LogP contribution in [-0.2, 0) is 0 Å².